The summed E-state index contributed by atoms with van der Waals surface area (Å²) >= 11 is 6.14. The summed E-state index contributed by atoms with van der Waals surface area (Å²) in [5, 5.41) is 3.63. The number of rotatable bonds is 9. The molecule has 0 fully saturated rings. The standard InChI is InChI=1S/C14H24ClN3O2S/c1-4-16-11-12-6-7-13(10-14(12)15)21(19,20)17-8-5-9-18(2)3/h6-7,10,16-17H,4-5,8-9,11H2,1-3H3. The highest BCUT2D eigenvalue weighted by Crippen LogP contribution is 2.20. The fourth-order valence-corrected chi connectivity index (χ4v) is 3.20. The summed E-state index contributed by atoms with van der Waals surface area (Å²) < 4.78 is 26.9. The van der Waals surface area contributed by atoms with Gasteiger partial charge in [0.15, 0.2) is 0 Å². The molecular weight excluding hydrogens is 310 g/mol. The molecule has 0 bridgehead atoms. The van der Waals surface area contributed by atoms with E-state index in [4.69, 9.17) is 11.6 Å². The van der Waals surface area contributed by atoms with Crippen LogP contribution in [0, 0.1) is 0 Å². The Kier molecular flexibility index (Phi) is 7.62. The summed E-state index contributed by atoms with van der Waals surface area (Å²) in [5.41, 5.74) is 0.894. The highest BCUT2D eigenvalue weighted by atomic mass is 35.5. The Morgan fingerprint density at radius 3 is 2.57 bits per heavy atom. The van der Waals surface area contributed by atoms with Gasteiger partial charge in [-0.15, -0.1) is 0 Å². The van der Waals surface area contributed by atoms with Crippen LogP contribution < -0.4 is 10.0 Å². The topological polar surface area (TPSA) is 61.4 Å². The van der Waals surface area contributed by atoms with Crippen molar-refractivity contribution in [2.75, 3.05) is 33.7 Å². The van der Waals surface area contributed by atoms with Crippen LogP contribution in [0.25, 0.3) is 0 Å². The van der Waals surface area contributed by atoms with Gasteiger partial charge in [0.1, 0.15) is 0 Å². The van der Waals surface area contributed by atoms with Crippen LogP contribution >= 0.6 is 11.6 Å². The van der Waals surface area contributed by atoms with Gasteiger partial charge in [-0.1, -0.05) is 24.6 Å². The predicted octanol–water partition coefficient (Wildman–Crippen LogP) is 1.68. The Balaban J connectivity index is 2.68. The van der Waals surface area contributed by atoms with Crippen molar-refractivity contribution in [2.24, 2.45) is 0 Å². The van der Waals surface area contributed by atoms with Crippen LogP contribution in [0.3, 0.4) is 0 Å². The van der Waals surface area contributed by atoms with Crippen molar-refractivity contribution in [3.05, 3.63) is 28.8 Å². The summed E-state index contributed by atoms with van der Waals surface area (Å²) in [7, 11) is 0.420. The van der Waals surface area contributed by atoms with Crippen molar-refractivity contribution in [3.63, 3.8) is 0 Å². The molecule has 0 aliphatic rings. The van der Waals surface area contributed by atoms with Crippen LogP contribution in [0.1, 0.15) is 18.9 Å². The second-order valence-corrected chi connectivity index (χ2v) is 7.26. The lowest BCUT2D eigenvalue weighted by atomic mass is 10.2. The van der Waals surface area contributed by atoms with E-state index in [1.165, 1.54) is 6.07 Å². The lowest BCUT2D eigenvalue weighted by Gasteiger charge is -2.11. The van der Waals surface area contributed by atoms with Gasteiger partial charge in [0, 0.05) is 18.1 Å². The van der Waals surface area contributed by atoms with E-state index in [9.17, 15) is 8.42 Å². The predicted molar refractivity (Wildman–Crippen MR) is 87.2 cm³/mol. The molecule has 0 radical (unpaired) electrons. The van der Waals surface area contributed by atoms with Crippen molar-refractivity contribution in [1.82, 2.24) is 14.9 Å². The lowest BCUT2D eigenvalue weighted by Crippen LogP contribution is -2.27. The number of sulfonamides is 1. The lowest BCUT2D eigenvalue weighted by molar-refractivity contribution is 0.400. The Bertz CT molecular complexity index is 547. The minimum absolute atomic E-state index is 0.206. The Morgan fingerprint density at radius 1 is 1.29 bits per heavy atom. The van der Waals surface area contributed by atoms with Crippen LogP contribution in [-0.4, -0.2) is 47.0 Å². The van der Waals surface area contributed by atoms with Crippen LogP contribution in [0.15, 0.2) is 23.1 Å². The molecule has 0 heterocycles. The quantitative estimate of drug-likeness (QED) is 0.675. The van der Waals surface area contributed by atoms with E-state index in [0.717, 1.165) is 25.1 Å². The molecule has 0 aromatic heterocycles. The number of halogens is 1. The number of nitrogens with one attached hydrogen (secondary N) is 2. The molecule has 1 aromatic carbocycles. The van der Waals surface area contributed by atoms with E-state index in [2.05, 4.69) is 10.0 Å². The second kappa shape index (κ2) is 8.70. The van der Waals surface area contributed by atoms with Gasteiger partial charge in [-0.05, 0) is 51.3 Å². The molecule has 1 aromatic rings. The zero-order chi connectivity index (χ0) is 15.9. The molecule has 7 heteroatoms. The monoisotopic (exact) mass is 333 g/mol. The number of hydrogen-bond acceptors (Lipinski definition) is 4. The Hall–Kier alpha value is -0.660. The molecular formula is C14H24ClN3O2S. The van der Waals surface area contributed by atoms with Gasteiger partial charge < -0.3 is 10.2 Å². The third-order valence-electron chi connectivity index (χ3n) is 2.97. The first-order chi connectivity index (χ1) is 9.86. The first-order valence-electron chi connectivity index (χ1n) is 7.00. The highest BCUT2D eigenvalue weighted by molar-refractivity contribution is 7.89. The average molecular weight is 334 g/mol. The average Bonchev–Trinajstić information content (AvgIpc) is 2.42. The molecule has 0 unspecified atom stereocenters. The van der Waals surface area contributed by atoms with Crippen molar-refractivity contribution in [3.8, 4) is 0 Å². The largest absolute Gasteiger partial charge is 0.313 e. The van der Waals surface area contributed by atoms with E-state index < -0.39 is 10.0 Å². The van der Waals surface area contributed by atoms with Crippen LogP contribution in [0.2, 0.25) is 5.02 Å². The molecule has 0 aliphatic carbocycles. The van der Waals surface area contributed by atoms with Gasteiger partial charge in [-0.25, -0.2) is 13.1 Å². The number of hydrogen-bond donors (Lipinski definition) is 2. The fourth-order valence-electron chi connectivity index (χ4n) is 1.78. The summed E-state index contributed by atoms with van der Waals surface area (Å²) in [6, 6.07) is 4.84. The van der Waals surface area contributed by atoms with Crippen molar-refractivity contribution in [2.45, 2.75) is 24.8 Å². The smallest absolute Gasteiger partial charge is 0.240 e. The summed E-state index contributed by atoms with van der Waals surface area (Å²) in [6.07, 6.45) is 0.762. The van der Waals surface area contributed by atoms with E-state index in [1.807, 2.05) is 25.9 Å². The van der Waals surface area contributed by atoms with Gasteiger partial charge >= 0.3 is 0 Å². The van der Waals surface area contributed by atoms with Gasteiger partial charge in [-0.2, -0.15) is 0 Å². The second-order valence-electron chi connectivity index (χ2n) is 5.09. The van der Waals surface area contributed by atoms with Crippen LogP contribution in [0.5, 0.6) is 0 Å². The van der Waals surface area contributed by atoms with Crippen LogP contribution in [-0.2, 0) is 16.6 Å². The molecule has 5 nitrogen and oxygen atoms in total. The molecule has 0 spiro atoms. The SMILES string of the molecule is CCNCc1ccc(S(=O)(=O)NCCCN(C)C)cc1Cl. The zero-order valence-electron chi connectivity index (χ0n) is 12.8. The van der Waals surface area contributed by atoms with Gasteiger partial charge in [0.05, 0.1) is 4.90 Å². The maximum Gasteiger partial charge on any atom is 0.240 e. The zero-order valence-corrected chi connectivity index (χ0v) is 14.4. The van der Waals surface area contributed by atoms with Crippen molar-refractivity contribution in [1.29, 1.82) is 0 Å². The van der Waals surface area contributed by atoms with Gasteiger partial charge in [0.2, 0.25) is 10.0 Å². The first-order valence-corrected chi connectivity index (χ1v) is 8.86. The maximum absolute atomic E-state index is 12.2. The molecule has 2 N–H and O–H groups in total. The normalized spacial score (nSPS) is 12.0. The molecule has 0 saturated heterocycles. The number of benzene rings is 1. The molecule has 21 heavy (non-hydrogen) atoms. The van der Waals surface area contributed by atoms with Crippen LogP contribution in [0.4, 0.5) is 0 Å². The molecule has 0 aliphatic heterocycles. The highest BCUT2D eigenvalue weighted by Gasteiger charge is 2.15. The van der Waals surface area contributed by atoms with E-state index in [-0.39, 0.29) is 4.90 Å². The first kappa shape index (κ1) is 18.4. The third kappa shape index (κ3) is 6.32. The van der Waals surface area contributed by atoms with E-state index in [1.54, 1.807) is 12.1 Å². The summed E-state index contributed by atoms with van der Waals surface area (Å²) in [4.78, 5) is 2.22. The molecule has 0 atom stereocenters. The van der Waals surface area contributed by atoms with Crippen molar-refractivity contribution < 1.29 is 8.42 Å². The van der Waals surface area contributed by atoms with E-state index in [0.29, 0.717) is 18.1 Å². The Morgan fingerprint density at radius 2 is 2.00 bits per heavy atom. The molecule has 1 rings (SSSR count). The maximum atomic E-state index is 12.2. The minimum atomic E-state index is -3.49. The summed E-state index contributed by atoms with van der Waals surface area (Å²) in [6.45, 7) is 4.72. The summed E-state index contributed by atoms with van der Waals surface area (Å²) in [5.74, 6) is 0. The van der Waals surface area contributed by atoms with Gasteiger partial charge in [0.25, 0.3) is 0 Å². The van der Waals surface area contributed by atoms with Crippen molar-refractivity contribution >= 4 is 21.6 Å². The third-order valence-corrected chi connectivity index (χ3v) is 4.79. The minimum Gasteiger partial charge on any atom is -0.313 e. The number of nitrogens with zero attached hydrogens (tertiary/aromatic N) is 1. The van der Waals surface area contributed by atoms with E-state index >= 15 is 0 Å². The molecule has 0 saturated carbocycles. The Labute approximate surface area is 132 Å². The molecule has 0 amide bonds. The fraction of sp³-hybridized carbons (Fsp3) is 0.571. The van der Waals surface area contributed by atoms with Gasteiger partial charge in [-0.3, -0.25) is 0 Å². The molecule has 120 valence electrons.